The number of amides is 1. The highest BCUT2D eigenvalue weighted by molar-refractivity contribution is 6.35. The average Bonchev–Trinajstić information content (AvgIpc) is 2.56. The van der Waals surface area contributed by atoms with Crippen LogP contribution in [0.15, 0.2) is 42.5 Å². The van der Waals surface area contributed by atoms with E-state index in [4.69, 9.17) is 34.8 Å². The number of rotatable bonds is 3. The Bertz CT molecular complexity index is 705. The molecule has 1 aliphatic heterocycles. The smallest absolute Gasteiger partial charge is 0.227 e. The Balaban J connectivity index is 1.58. The number of carbonyl (C=O) groups is 1. The molecule has 2 aromatic carbocycles. The van der Waals surface area contributed by atoms with E-state index < -0.39 is 0 Å². The summed E-state index contributed by atoms with van der Waals surface area (Å²) in [6.45, 7) is 2.92. The van der Waals surface area contributed by atoms with Crippen molar-refractivity contribution in [1.29, 1.82) is 0 Å². The first-order valence-corrected chi connectivity index (χ1v) is 8.88. The minimum Gasteiger partial charge on any atom is -0.368 e. The van der Waals surface area contributed by atoms with Crippen molar-refractivity contribution in [3.05, 3.63) is 63.1 Å². The Labute approximate surface area is 156 Å². The number of hydrogen-bond donors (Lipinski definition) is 0. The Morgan fingerprint density at radius 1 is 0.833 bits per heavy atom. The van der Waals surface area contributed by atoms with Crippen LogP contribution in [0.4, 0.5) is 5.69 Å². The molecule has 1 heterocycles. The van der Waals surface area contributed by atoms with Crippen LogP contribution >= 0.6 is 34.8 Å². The van der Waals surface area contributed by atoms with E-state index in [-0.39, 0.29) is 5.91 Å². The lowest BCUT2D eigenvalue weighted by Crippen LogP contribution is -2.49. The fourth-order valence-electron chi connectivity index (χ4n) is 2.82. The molecule has 3 nitrogen and oxygen atoms in total. The largest absolute Gasteiger partial charge is 0.368 e. The van der Waals surface area contributed by atoms with E-state index >= 15 is 0 Å². The minimum absolute atomic E-state index is 0.140. The second kappa shape index (κ2) is 7.64. The van der Waals surface area contributed by atoms with Crippen LogP contribution in [0.5, 0.6) is 0 Å². The number of anilines is 1. The number of benzene rings is 2. The van der Waals surface area contributed by atoms with Gasteiger partial charge in [-0.2, -0.15) is 0 Å². The number of nitrogens with zero attached hydrogens (tertiary/aromatic N) is 2. The summed E-state index contributed by atoms with van der Waals surface area (Å²) in [5.41, 5.74) is 1.98. The predicted octanol–water partition coefficient (Wildman–Crippen LogP) is 4.54. The number of piperazine rings is 1. The molecule has 0 N–H and O–H groups in total. The highest BCUT2D eigenvalue weighted by Crippen LogP contribution is 2.26. The Morgan fingerprint density at radius 2 is 1.42 bits per heavy atom. The van der Waals surface area contributed by atoms with E-state index in [1.165, 1.54) is 0 Å². The van der Waals surface area contributed by atoms with Gasteiger partial charge in [-0.05, 0) is 35.9 Å². The molecular formula is C18H17Cl3N2O. The first-order chi connectivity index (χ1) is 11.5. The molecule has 0 saturated carbocycles. The number of carbonyl (C=O) groups excluding carboxylic acids is 1. The van der Waals surface area contributed by atoms with Gasteiger partial charge in [0.15, 0.2) is 0 Å². The van der Waals surface area contributed by atoms with Gasteiger partial charge in [0.25, 0.3) is 0 Å². The van der Waals surface area contributed by atoms with Crippen molar-refractivity contribution in [2.24, 2.45) is 0 Å². The lowest BCUT2D eigenvalue weighted by atomic mass is 10.1. The lowest BCUT2D eigenvalue weighted by Gasteiger charge is -2.36. The van der Waals surface area contributed by atoms with Crippen molar-refractivity contribution >= 4 is 46.4 Å². The third-order valence-electron chi connectivity index (χ3n) is 4.11. The third-order valence-corrected chi connectivity index (χ3v) is 4.80. The van der Waals surface area contributed by atoms with Crippen LogP contribution in [0, 0.1) is 0 Å². The van der Waals surface area contributed by atoms with E-state index in [9.17, 15) is 4.79 Å². The Hall–Kier alpha value is -1.42. The third kappa shape index (κ3) is 4.35. The van der Waals surface area contributed by atoms with Gasteiger partial charge in [0, 0.05) is 46.9 Å². The van der Waals surface area contributed by atoms with Gasteiger partial charge in [0.1, 0.15) is 0 Å². The second-order valence-electron chi connectivity index (χ2n) is 5.80. The summed E-state index contributed by atoms with van der Waals surface area (Å²) in [5.74, 6) is 0.140. The van der Waals surface area contributed by atoms with Gasteiger partial charge in [-0.3, -0.25) is 4.79 Å². The van der Waals surface area contributed by atoms with Crippen LogP contribution in [0.3, 0.4) is 0 Å². The molecule has 0 atom stereocenters. The van der Waals surface area contributed by atoms with E-state index in [0.29, 0.717) is 34.6 Å². The minimum atomic E-state index is 0.140. The molecule has 1 fully saturated rings. The Kier molecular flexibility index (Phi) is 5.54. The predicted molar refractivity (Wildman–Crippen MR) is 100 cm³/mol. The van der Waals surface area contributed by atoms with Crippen LogP contribution in [-0.2, 0) is 11.2 Å². The van der Waals surface area contributed by atoms with Gasteiger partial charge >= 0.3 is 0 Å². The maximum atomic E-state index is 12.4. The quantitative estimate of drug-likeness (QED) is 0.777. The molecule has 6 heteroatoms. The van der Waals surface area contributed by atoms with Gasteiger partial charge in [-0.15, -0.1) is 0 Å². The number of hydrogen-bond acceptors (Lipinski definition) is 2. The van der Waals surface area contributed by atoms with E-state index in [0.717, 1.165) is 24.3 Å². The van der Waals surface area contributed by atoms with E-state index in [1.807, 2.05) is 41.3 Å². The summed E-state index contributed by atoms with van der Waals surface area (Å²) in [5, 5.41) is 1.93. The SMILES string of the molecule is O=C(Cc1ccc(Cl)cc1)N1CCN(c2cc(Cl)cc(Cl)c2)CC1. The average molecular weight is 384 g/mol. The first kappa shape index (κ1) is 17.4. The molecule has 0 aromatic heterocycles. The molecule has 2 aromatic rings. The summed E-state index contributed by atoms with van der Waals surface area (Å²) in [6.07, 6.45) is 0.403. The van der Waals surface area contributed by atoms with Gasteiger partial charge in [-0.1, -0.05) is 46.9 Å². The first-order valence-electron chi connectivity index (χ1n) is 7.74. The van der Waals surface area contributed by atoms with Gasteiger partial charge < -0.3 is 9.80 Å². The Morgan fingerprint density at radius 3 is 2.00 bits per heavy atom. The maximum Gasteiger partial charge on any atom is 0.227 e. The van der Waals surface area contributed by atoms with Crippen molar-refractivity contribution in [3.63, 3.8) is 0 Å². The van der Waals surface area contributed by atoms with Crippen molar-refractivity contribution in [3.8, 4) is 0 Å². The fraction of sp³-hybridized carbons (Fsp3) is 0.278. The summed E-state index contributed by atoms with van der Waals surface area (Å²) < 4.78 is 0. The second-order valence-corrected chi connectivity index (χ2v) is 7.11. The van der Waals surface area contributed by atoms with Crippen LogP contribution in [0.2, 0.25) is 15.1 Å². The van der Waals surface area contributed by atoms with Crippen molar-refractivity contribution < 1.29 is 4.79 Å². The van der Waals surface area contributed by atoms with Crippen LogP contribution < -0.4 is 4.90 Å². The molecule has 0 unspecified atom stereocenters. The summed E-state index contributed by atoms with van der Waals surface area (Å²) in [7, 11) is 0. The van der Waals surface area contributed by atoms with Gasteiger partial charge in [0.2, 0.25) is 5.91 Å². The van der Waals surface area contributed by atoms with E-state index in [1.54, 1.807) is 6.07 Å². The summed E-state index contributed by atoms with van der Waals surface area (Å²) in [4.78, 5) is 16.5. The lowest BCUT2D eigenvalue weighted by molar-refractivity contribution is -0.130. The molecule has 1 aliphatic rings. The highest BCUT2D eigenvalue weighted by Gasteiger charge is 2.21. The van der Waals surface area contributed by atoms with Crippen molar-refractivity contribution in [2.75, 3.05) is 31.1 Å². The monoisotopic (exact) mass is 382 g/mol. The molecule has 0 radical (unpaired) electrons. The molecule has 0 spiro atoms. The fourth-order valence-corrected chi connectivity index (χ4v) is 3.47. The molecule has 1 amide bonds. The summed E-state index contributed by atoms with van der Waals surface area (Å²) in [6, 6.07) is 12.9. The van der Waals surface area contributed by atoms with Crippen LogP contribution in [0.25, 0.3) is 0 Å². The van der Waals surface area contributed by atoms with E-state index in [2.05, 4.69) is 4.90 Å². The van der Waals surface area contributed by atoms with Gasteiger partial charge in [-0.25, -0.2) is 0 Å². The number of halogens is 3. The summed E-state index contributed by atoms with van der Waals surface area (Å²) >= 11 is 18.0. The van der Waals surface area contributed by atoms with Crippen molar-refractivity contribution in [2.45, 2.75) is 6.42 Å². The molecule has 126 valence electrons. The zero-order valence-corrected chi connectivity index (χ0v) is 15.3. The topological polar surface area (TPSA) is 23.6 Å². The molecule has 3 rings (SSSR count). The standard InChI is InChI=1S/C18H17Cl3N2O/c19-14-3-1-13(2-4-14)9-18(24)23-7-5-22(6-8-23)17-11-15(20)10-16(21)12-17/h1-4,10-12H,5-9H2. The van der Waals surface area contributed by atoms with Crippen LogP contribution in [-0.4, -0.2) is 37.0 Å². The maximum absolute atomic E-state index is 12.4. The molecular weight excluding hydrogens is 367 g/mol. The highest BCUT2D eigenvalue weighted by atomic mass is 35.5. The van der Waals surface area contributed by atoms with Crippen molar-refractivity contribution in [1.82, 2.24) is 4.90 Å². The normalized spacial score (nSPS) is 14.8. The van der Waals surface area contributed by atoms with Gasteiger partial charge in [0.05, 0.1) is 6.42 Å². The van der Waals surface area contributed by atoms with Crippen LogP contribution in [0.1, 0.15) is 5.56 Å². The molecule has 1 saturated heterocycles. The molecule has 0 aliphatic carbocycles. The zero-order valence-electron chi connectivity index (χ0n) is 13.0. The zero-order chi connectivity index (χ0) is 17.1. The molecule has 24 heavy (non-hydrogen) atoms. The molecule has 0 bridgehead atoms.